The Hall–Kier alpha value is -2.58. The quantitative estimate of drug-likeness (QED) is 0.619. The molecule has 2 aromatic rings. The molecule has 160 valence electrons. The number of aliphatic imine (C=N–C) groups is 1. The van der Waals surface area contributed by atoms with E-state index in [2.05, 4.69) is 52.8 Å². The molecule has 8 heteroatoms. The largest absolute Gasteiger partial charge is 0.318 e. The summed E-state index contributed by atoms with van der Waals surface area (Å²) in [5, 5.41) is 14.9. The van der Waals surface area contributed by atoms with E-state index in [1.54, 1.807) is 17.8 Å². The van der Waals surface area contributed by atoms with Crippen molar-refractivity contribution in [3.8, 4) is 5.69 Å². The Morgan fingerprint density at radius 1 is 1.23 bits per heavy atom. The molecule has 0 atom stereocenters. The van der Waals surface area contributed by atoms with Crippen LogP contribution in [0.3, 0.4) is 0 Å². The molecule has 0 fully saturated rings. The lowest BCUT2D eigenvalue weighted by Gasteiger charge is -2.20. The maximum Gasteiger partial charge on any atom is 0.283 e. The van der Waals surface area contributed by atoms with Crippen LogP contribution in [0.25, 0.3) is 11.8 Å². The third kappa shape index (κ3) is 4.02. The zero-order chi connectivity index (χ0) is 22.3. The van der Waals surface area contributed by atoms with E-state index in [9.17, 15) is 4.79 Å². The molecule has 0 unspecified atom stereocenters. The Kier molecular flexibility index (Phi) is 5.94. The summed E-state index contributed by atoms with van der Waals surface area (Å²) in [6.45, 7) is 10.5. The number of benzene rings is 1. The van der Waals surface area contributed by atoms with Crippen molar-refractivity contribution in [3.05, 3.63) is 58.4 Å². The second kappa shape index (κ2) is 8.51. The number of rotatable bonds is 4. The number of carbonyl (C=O) groups excluding carboxylic acids is 1. The van der Waals surface area contributed by atoms with E-state index in [1.165, 1.54) is 22.3 Å². The topological polar surface area (TPSA) is 73.8 Å². The first-order valence-corrected chi connectivity index (χ1v) is 12.0. The maximum atomic E-state index is 12.7. The highest BCUT2D eigenvalue weighted by molar-refractivity contribution is 8.45. The van der Waals surface area contributed by atoms with Crippen LogP contribution in [0.4, 0.5) is 0 Å². The van der Waals surface area contributed by atoms with Crippen LogP contribution >= 0.6 is 23.5 Å². The highest BCUT2D eigenvalue weighted by atomic mass is 32.2. The fourth-order valence-electron chi connectivity index (χ4n) is 3.65. The number of amides is 1. The number of hydrogen-bond donors (Lipinski definition) is 1. The first-order chi connectivity index (χ1) is 14.8. The minimum absolute atomic E-state index is 0.0697. The van der Waals surface area contributed by atoms with Crippen LogP contribution in [0.1, 0.15) is 49.2 Å². The normalized spacial score (nSPS) is 17.5. The highest BCUT2D eigenvalue weighted by Gasteiger charge is 2.35. The van der Waals surface area contributed by atoms with Crippen LogP contribution in [0.15, 0.2) is 46.0 Å². The number of nitrogens with zero attached hydrogens (tertiary/aromatic N) is 4. The van der Waals surface area contributed by atoms with Gasteiger partial charge in [-0.05, 0) is 72.7 Å². The van der Waals surface area contributed by atoms with Crippen LogP contribution in [-0.2, 0) is 4.79 Å². The monoisotopic (exact) mass is 451 g/mol. The van der Waals surface area contributed by atoms with Crippen molar-refractivity contribution >= 4 is 50.9 Å². The summed E-state index contributed by atoms with van der Waals surface area (Å²) in [7, 11) is 0. The molecule has 1 aromatic carbocycles. The fraction of sp³-hybridized carbons (Fsp3) is 0.304. The van der Waals surface area contributed by atoms with E-state index in [-0.39, 0.29) is 11.4 Å². The summed E-state index contributed by atoms with van der Waals surface area (Å²) in [6, 6.07) is 10.6. The first-order valence-electron chi connectivity index (χ1n) is 10.2. The Labute approximate surface area is 191 Å². The van der Waals surface area contributed by atoms with Crippen molar-refractivity contribution in [2.75, 3.05) is 5.75 Å². The summed E-state index contributed by atoms with van der Waals surface area (Å²) in [4.78, 5) is 16.9. The number of carbonyl (C=O) groups is 1. The molecule has 0 aliphatic carbocycles. The lowest BCUT2D eigenvalue weighted by atomic mass is 10.0. The highest BCUT2D eigenvalue weighted by Crippen LogP contribution is 2.33. The third-order valence-corrected chi connectivity index (χ3v) is 7.22. The van der Waals surface area contributed by atoms with Gasteiger partial charge in [0.25, 0.3) is 5.91 Å². The molecule has 1 amide bonds. The number of nitrogens with one attached hydrogen (secondary N) is 1. The second-order valence-electron chi connectivity index (χ2n) is 7.73. The molecule has 0 saturated heterocycles. The van der Waals surface area contributed by atoms with E-state index in [1.807, 2.05) is 26.8 Å². The Balaban J connectivity index is 1.69. The molecule has 6 nitrogen and oxygen atoms in total. The van der Waals surface area contributed by atoms with E-state index in [0.29, 0.717) is 11.1 Å². The summed E-state index contributed by atoms with van der Waals surface area (Å²) in [5.74, 6) is 1.03. The van der Waals surface area contributed by atoms with Gasteiger partial charge in [0.05, 0.1) is 5.57 Å². The average molecular weight is 452 g/mol. The SMILES string of the molecule is CCSC1=NN2C(=N)/C(=C/c3cc(C)n(-c4ccc(C(C)C)cc4)c3C)C(=O)N=C2S1. The van der Waals surface area contributed by atoms with Crippen molar-refractivity contribution in [1.29, 1.82) is 5.41 Å². The summed E-state index contributed by atoms with van der Waals surface area (Å²) < 4.78 is 2.98. The van der Waals surface area contributed by atoms with Gasteiger partial charge in [0.1, 0.15) is 0 Å². The Bertz CT molecular complexity index is 1160. The number of hydrogen-bond acceptors (Lipinski definition) is 5. The van der Waals surface area contributed by atoms with Gasteiger partial charge in [-0.15, -0.1) is 5.10 Å². The Morgan fingerprint density at radius 2 is 1.94 bits per heavy atom. The van der Waals surface area contributed by atoms with Gasteiger partial charge in [-0.1, -0.05) is 44.7 Å². The molecule has 0 saturated carbocycles. The molecular formula is C23H25N5OS2. The maximum absolute atomic E-state index is 12.7. The minimum atomic E-state index is -0.396. The number of hydrazone groups is 1. The van der Waals surface area contributed by atoms with Gasteiger partial charge in [-0.3, -0.25) is 10.2 Å². The lowest BCUT2D eigenvalue weighted by molar-refractivity contribution is -0.114. The van der Waals surface area contributed by atoms with E-state index in [4.69, 9.17) is 5.41 Å². The summed E-state index contributed by atoms with van der Waals surface area (Å²) >= 11 is 2.92. The van der Waals surface area contributed by atoms with Crippen LogP contribution in [0.5, 0.6) is 0 Å². The van der Waals surface area contributed by atoms with Gasteiger partial charge in [-0.25, -0.2) is 0 Å². The van der Waals surface area contributed by atoms with Crippen LogP contribution in [0.2, 0.25) is 0 Å². The molecule has 4 rings (SSSR count). The van der Waals surface area contributed by atoms with Crippen molar-refractivity contribution in [2.24, 2.45) is 10.1 Å². The van der Waals surface area contributed by atoms with Crippen molar-refractivity contribution < 1.29 is 4.79 Å². The number of fused-ring (bicyclic) bond motifs is 1. The molecule has 1 aromatic heterocycles. The number of amidine groups is 2. The van der Waals surface area contributed by atoms with Gasteiger partial charge in [0.15, 0.2) is 10.2 Å². The van der Waals surface area contributed by atoms with Crippen molar-refractivity contribution in [1.82, 2.24) is 9.58 Å². The van der Waals surface area contributed by atoms with E-state index >= 15 is 0 Å². The summed E-state index contributed by atoms with van der Waals surface area (Å²) in [6.07, 6.45) is 1.76. The number of aryl methyl sites for hydroxylation is 1. The molecule has 0 bridgehead atoms. The average Bonchev–Trinajstić information content (AvgIpc) is 3.25. The molecule has 2 aliphatic rings. The van der Waals surface area contributed by atoms with Crippen molar-refractivity contribution in [2.45, 2.75) is 40.5 Å². The molecular weight excluding hydrogens is 426 g/mol. The van der Waals surface area contributed by atoms with Crippen molar-refractivity contribution in [3.63, 3.8) is 0 Å². The molecule has 2 aliphatic heterocycles. The molecule has 31 heavy (non-hydrogen) atoms. The fourth-order valence-corrected chi connectivity index (χ4v) is 5.48. The van der Waals surface area contributed by atoms with E-state index < -0.39 is 5.91 Å². The molecule has 0 radical (unpaired) electrons. The predicted octanol–water partition coefficient (Wildman–Crippen LogP) is 5.55. The van der Waals surface area contributed by atoms with Crippen LogP contribution < -0.4 is 0 Å². The van der Waals surface area contributed by atoms with Crippen LogP contribution in [0, 0.1) is 19.3 Å². The molecule has 1 N–H and O–H groups in total. The predicted molar refractivity (Wildman–Crippen MR) is 132 cm³/mol. The lowest BCUT2D eigenvalue weighted by Crippen LogP contribution is -2.35. The van der Waals surface area contributed by atoms with Gasteiger partial charge in [0.2, 0.25) is 5.17 Å². The number of aromatic nitrogens is 1. The van der Waals surface area contributed by atoms with Gasteiger partial charge in [-0.2, -0.15) is 10.0 Å². The number of thioether (sulfide) groups is 2. The van der Waals surface area contributed by atoms with Gasteiger partial charge in [0, 0.05) is 17.1 Å². The summed E-state index contributed by atoms with van der Waals surface area (Å²) in [5.41, 5.74) is 5.61. The molecule has 3 heterocycles. The second-order valence-corrected chi connectivity index (χ2v) is 10.2. The zero-order valence-electron chi connectivity index (χ0n) is 18.3. The Morgan fingerprint density at radius 3 is 2.58 bits per heavy atom. The van der Waals surface area contributed by atoms with Gasteiger partial charge >= 0.3 is 0 Å². The molecule has 0 spiro atoms. The van der Waals surface area contributed by atoms with Gasteiger partial charge < -0.3 is 4.57 Å². The third-order valence-electron chi connectivity index (χ3n) is 5.29. The minimum Gasteiger partial charge on any atom is -0.318 e. The standard InChI is InChI=1S/C23H25N5OS2/c1-6-30-23-26-28-20(24)19(21(29)25-22(28)31-23)12-17-11-14(4)27(15(17)5)18-9-7-16(8-10-18)13(2)3/h7-13,24H,6H2,1-5H3/b19-12-,24-20?. The van der Waals surface area contributed by atoms with E-state index in [0.717, 1.165) is 32.8 Å². The zero-order valence-corrected chi connectivity index (χ0v) is 19.9. The smallest absolute Gasteiger partial charge is 0.283 e. The first kappa shape index (κ1) is 21.6. The van der Waals surface area contributed by atoms with Crippen LogP contribution in [-0.4, -0.2) is 36.6 Å².